The number of hydrogen-bond acceptors (Lipinski definition) is 1. The van der Waals surface area contributed by atoms with Crippen LogP contribution in [0.5, 0.6) is 0 Å². The van der Waals surface area contributed by atoms with E-state index in [4.69, 9.17) is 12.2 Å². The molecule has 0 saturated carbocycles. The van der Waals surface area contributed by atoms with Crippen molar-refractivity contribution in [3.05, 3.63) is 0 Å². The molecule has 1 atom stereocenters. The van der Waals surface area contributed by atoms with Crippen molar-refractivity contribution in [1.29, 1.82) is 0 Å². The van der Waals surface area contributed by atoms with Gasteiger partial charge < -0.3 is 10.2 Å². The fourth-order valence-corrected chi connectivity index (χ4v) is 2.51. The molecule has 1 N–H and O–H groups in total. The molecule has 14 heavy (non-hydrogen) atoms. The summed E-state index contributed by atoms with van der Waals surface area (Å²) in [6.45, 7) is 6.44. The minimum atomic E-state index is 0.670. The van der Waals surface area contributed by atoms with Crippen molar-refractivity contribution in [3.8, 4) is 0 Å². The van der Waals surface area contributed by atoms with Crippen LogP contribution in [0.25, 0.3) is 0 Å². The molecule has 0 aromatic rings. The van der Waals surface area contributed by atoms with E-state index in [1.54, 1.807) is 0 Å². The van der Waals surface area contributed by atoms with Crippen LogP contribution >= 0.6 is 12.2 Å². The zero-order valence-corrected chi connectivity index (χ0v) is 10.2. The molecular formula is C11H22N2S. The van der Waals surface area contributed by atoms with Crippen molar-refractivity contribution < 1.29 is 0 Å². The van der Waals surface area contributed by atoms with Crippen LogP contribution in [-0.2, 0) is 0 Å². The van der Waals surface area contributed by atoms with Gasteiger partial charge in [-0.15, -0.1) is 0 Å². The molecule has 1 saturated heterocycles. The van der Waals surface area contributed by atoms with Gasteiger partial charge in [-0.05, 0) is 38.4 Å². The van der Waals surface area contributed by atoms with E-state index in [9.17, 15) is 0 Å². The van der Waals surface area contributed by atoms with E-state index < -0.39 is 0 Å². The zero-order valence-electron chi connectivity index (χ0n) is 9.38. The largest absolute Gasteiger partial charge is 0.363 e. The van der Waals surface area contributed by atoms with Crippen LogP contribution in [0, 0.1) is 0 Å². The third kappa shape index (κ3) is 3.12. The van der Waals surface area contributed by atoms with Crippen molar-refractivity contribution >= 4 is 17.3 Å². The van der Waals surface area contributed by atoms with Gasteiger partial charge in [-0.1, -0.05) is 19.8 Å². The summed E-state index contributed by atoms with van der Waals surface area (Å²) in [5.74, 6) is 0. The van der Waals surface area contributed by atoms with Gasteiger partial charge in [-0.2, -0.15) is 0 Å². The van der Waals surface area contributed by atoms with Crippen molar-refractivity contribution in [2.24, 2.45) is 0 Å². The molecular weight excluding hydrogens is 192 g/mol. The lowest BCUT2D eigenvalue weighted by Crippen LogP contribution is -2.45. The van der Waals surface area contributed by atoms with E-state index in [1.807, 2.05) is 0 Å². The first-order valence-electron chi connectivity index (χ1n) is 5.84. The summed E-state index contributed by atoms with van der Waals surface area (Å²) >= 11 is 5.39. The fraction of sp³-hybridized carbons (Fsp3) is 0.909. The molecule has 0 amide bonds. The fourth-order valence-electron chi connectivity index (χ4n) is 2.12. The van der Waals surface area contributed by atoms with Crippen LogP contribution in [0.3, 0.4) is 0 Å². The molecule has 1 heterocycles. The lowest BCUT2D eigenvalue weighted by Gasteiger charge is -2.31. The van der Waals surface area contributed by atoms with Crippen LogP contribution in [0.15, 0.2) is 0 Å². The topological polar surface area (TPSA) is 15.3 Å². The van der Waals surface area contributed by atoms with Gasteiger partial charge in [0, 0.05) is 19.1 Å². The molecule has 0 spiro atoms. The molecule has 1 unspecified atom stereocenters. The number of likely N-dealkylation sites (tertiary alicyclic amines) is 1. The summed E-state index contributed by atoms with van der Waals surface area (Å²) in [6.07, 6.45) is 6.54. The van der Waals surface area contributed by atoms with Gasteiger partial charge in [-0.3, -0.25) is 0 Å². The van der Waals surface area contributed by atoms with Crippen LogP contribution in [0.1, 0.15) is 46.0 Å². The van der Waals surface area contributed by atoms with Crippen LogP contribution in [-0.4, -0.2) is 29.1 Å². The quantitative estimate of drug-likeness (QED) is 0.711. The Morgan fingerprint density at radius 3 is 2.79 bits per heavy atom. The summed E-state index contributed by atoms with van der Waals surface area (Å²) in [5, 5.41) is 4.22. The third-order valence-corrected chi connectivity index (χ3v) is 3.32. The maximum Gasteiger partial charge on any atom is 0.169 e. The van der Waals surface area contributed by atoms with Gasteiger partial charge in [0.15, 0.2) is 5.11 Å². The number of nitrogens with zero attached hydrogens (tertiary/aromatic N) is 1. The third-order valence-electron chi connectivity index (χ3n) is 2.94. The van der Waals surface area contributed by atoms with Crippen molar-refractivity contribution in [2.75, 3.05) is 13.1 Å². The summed E-state index contributed by atoms with van der Waals surface area (Å²) in [6, 6.07) is 0.670. The Kier molecular flexibility index (Phi) is 5.23. The minimum absolute atomic E-state index is 0.670. The first-order valence-corrected chi connectivity index (χ1v) is 6.24. The number of thiocarbonyl (C=S) groups is 1. The summed E-state index contributed by atoms with van der Waals surface area (Å²) < 4.78 is 0. The van der Waals surface area contributed by atoms with Gasteiger partial charge in [0.1, 0.15) is 0 Å². The first-order chi connectivity index (χ1) is 6.79. The maximum atomic E-state index is 5.39. The Labute approximate surface area is 93.1 Å². The smallest absolute Gasteiger partial charge is 0.169 e. The molecule has 0 aromatic carbocycles. The lowest BCUT2D eigenvalue weighted by atomic mass is 10.1. The number of rotatable bonds is 2. The molecule has 2 nitrogen and oxygen atoms in total. The predicted octanol–water partition coefficient (Wildman–Crippen LogP) is 2.54. The maximum absolute atomic E-state index is 5.39. The standard InChI is InChI=1S/C11H22N2S/c1-3-10-8-6-5-7-9-13(10)11(14)12-4-2/h10H,3-9H2,1-2H3,(H,12,14). The molecule has 0 aliphatic carbocycles. The zero-order chi connectivity index (χ0) is 10.4. The molecule has 1 aliphatic rings. The highest BCUT2D eigenvalue weighted by Crippen LogP contribution is 2.18. The van der Waals surface area contributed by atoms with E-state index in [-0.39, 0.29) is 0 Å². The highest BCUT2D eigenvalue weighted by Gasteiger charge is 2.20. The van der Waals surface area contributed by atoms with Crippen molar-refractivity contribution in [3.63, 3.8) is 0 Å². The summed E-state index contributed by atoms with van der Waals surface area (Å²) in [5.41, 5.74) is 0. The first kappa shape index (κ1) is 11.8. The Hall–Kier alpha value is -0.310. The highest BCUT2D eigenvalue weighted by atomic mass is 32.1. The Morgan fingerprint density at radius 2 is 2.14 bits per heavy atom. The minimum Gasteiger partial charge on any atom is -0.363 e. The average Bonchev–Trinajstić information content (AvgIpc) is 2.42. The highest BCUT2D eigenvalue weighted by molar-refractivity contribution is 7.80. The number of hydrogen-bond donors (Lipinski definition) is 1. The summed E-state index contributed by atoms with van der Waals surface area (Å²) in [4.78, 5) is 2.39. The second-order valence-corrected chi connectivity index (χ2v) is 4.33. The molecule has 1 aliphatic heterocycles. The molecule has 0 bridgehead atoms. The van der Waals surface area contributed by atoms with Crippen LogP contribution in [0.4, 0.5) is 0 Å². The molecule has 0 aromatic heterocycles. The second-order valence-electron chi connectivity index (χ2n) is 3.94. The van der Waals surface area contributed by atoms with Gasteiger partial charge in [0.25, 0.3) is 0 Å². The van der Waals surface area contributed by atoms with Gasteiger partial charge in [0.05, 0.1) is 0 Å². The van der Waals surface area contributed by atoms with Gasteiger partial charge >= 0.3 is 0 Å². The van der Waals surface area contributed by atoms with Crippen molar-refractivity contribution in [1.82, 2.24) is 10.2 Å². The van der Waals surface area contributed by atoms with E-state index in [1.165, 1.54) is 32.1 Å². The second kappa shape index (κ2) is 6.23. The van der Waals surface area contributed by atoms with Gasteiger partial charge in [-0.25, -0.2) is 0 Å². The molecule has 82 valence electrons. The van der Waals surface area contributed by atoms with E-state index in [0.717, 1.165) is 18.2 Å². The van der Waals surface area contributed by atoms with E-state index >= 15 is 0 Å². The molecule has 3 heteroatoms. The van der Waals surface area contributed by atoms with Crippen LogP contribution < -0.4 is 5.32 Å². The Balaban J connectivity index is 2.55. The van der Waals surface area contributed by atoms with E-state index in [2.05, 4.69) is 24.1 Å². The predicted molar refractivity (Wildman–Crippen MR) is 65.5 cm³/mol. The molecule has 1 rings (SSSR count). The van der Waals surface area contributed by atoms with E-state index in [0.29, 0.717) is 6.04 Å². The van der Waals surface area contributed by atoms with Crippen LogP contribution in [0.2, 0.25) is 0 Å². The van der Waals surface area contributed by atoms with Gasteiger partial charge in [0.2, 0.25) is 0 Å². The number of nitrogens with one attached hydrogen (secondary N) is 1. The summed E-state index contributed by atoms with van der Waals surface area (Å²) in [7, 11) is 0. The monoisotopic (exact) mass is 214 g/mol. The molecule has 1 fully saturated rings. The SMILES string of the molecule is CCNC(=S)N1CCCCCC1CC. The van der Waals surface area contributed by atoms with Crippen molar-refractivity contribution in [2.45, 2.75) is 52.0 Å². The molecule has 0 radical (unpaired) electrons. The normalized spacial score (nSPS) is 23.0. The Bertz CT molecular complexity index is 182. The Morgan fingerprint density at radius 1 is 1.36 bits per heavy atom. The average molecular weight is 214 g/mol. The lowest BCUT2D eigenvalue weighted by molar-refractivity contribution is 0.303.